The molecule has 3 amide bonds. The zero-order valence-electron chi connectivity index (χ0n) is 21.9. The summed E-state index contributed by atoms with van der Waals surface area (Å²) in [5, 5.41) is 27.1. The Bertz CT molecular complexity index is 886. The van der Waals surface area contributed by atoms with Gasteiger partial charge in [-0.05, 0) is 60.5 Å². The monoisotopic (exact) mass is 556 g/mol. The molecular weight excluding hydrogens is 516 g/mol. The molecule has 5 atom stereocenters. The number of nitrogens with two attached hydrogens (primary N) is 1. The van der Waals surface area contributed by atoms with Crippen molar-refractivity contribution in [2.45, 2.75) is 63.7 Å². The molecule has 0 aliphatic heterocycles. The molecule has 5 unspecified atom stereocenters. The van der Waals surface area contributed by atoms with Crippen molar-refractivity contribution in [1.82, 2.24) is 16.0 Å². The highest BCUT2D eigenvalue weighted by molar-refractivity contribution is 7.98. The average molecular weight is 557 g/mol. The average Bonchev–Trinajstić information content (AvgIpc) is 2.88. The van der Waals surface area contributed by atoms with E-state index in [1.807, 2.05) is 26.4 Å². The van der Waals surface area contributed by atoms with Gasteiger partial charge in [0.05, 0.1) is 6.04 Å². The Kier molecular flexibility index (Phi) is 15.1. The third-order valence-corrected chi connectivity index (χ3v) is 7.33. The minimum absolute atomic E-state index is 0.0503. The van der Waals surface area contributed by atoms with Crippen LogP contribution in [0.2, 0.25) is 0 Å². The molecule has 10 nitrogen and oxygen atoms in total. The summed E-state index contributed by atoms with van der Waals surface area (Å²) in [7, 11) is 0. The first-order valence-electron chi connectivity index (χ1n) is 12.2. The molecule has 0 saturated carbocycles. The predicted octanol–water partition coefficient (Wildman–Crippen LogP) is 1.35. The number of aromatic hydroxyl groups is 1. The van der Waals surface area contributed by atoms with Gasteiger partial charge < -0.3 is 31.9 Å². The fraction of sp³-hybridized carbons (Fsp3) is 0.600. The number of hydrogen-bond donors (Lipinski definition) is 6. The van der Waals surface area contributed by atoms with Crippen LogP contribution in [0.25, 0.3) is 0 Å². The van der Waals surface area contributed by atoms with Gasteiger partial charge in [-0.3, -0.25) is 14.4 Å². The van der Waals surface area contributed by atoms with Crippen LogP contribution in [0, 0.1) is 5.92 Å². The zero-order chi connectivity index (χ0) is 28.0. The molecule has 0 fully saturated rings. The summed E-state index contributed by atoms with van der Waals surface area (Å²) < 4.78 is 0. The van der Waals surface area contributed by atoms with Crippen LogP contribution in [0.15, 0.2) is 24.3 Å². The minimum Gasteiger partial charge on any atom is -0.508 e. The Morgan fingerprint density at radius 1 is 0.865 bits per heavy atom. The van der Waals surface area contributed by atoms with E-state index < -0.39 is 47.9 Å². The fourth-order valence-corrected chi connectivity index (χ4v) is 4.34. The number of benzene rings is 1. The summed E-state index contributed by atoms with van der Waals surface area (Å²) in [4.78, 5) is 50.8. The molecule has 0 radical (unpaired) electrons. The number of amides is 3. The van der Waals surface area contributed by atoms with Crippen LogP contribution in [0.3, 0.4) is 0 Å². The second-order valence-electron chi connectivity index (χ2n) is 8.87. The van der Waals surface area contributed by atoms with Crippen molar-refractivity contribution >= 4 is 47.2 Å². The van der Waals surface area contributed by atoms with Crippen LogP contribution < -0.4 is 21.7 Å². The third kappa shape index (κ3) is 11.7. The van der Waals surface area contributed by atoms with Crippen LogP contribution in [-0.4, -0.2) is 82.1 Å². The highest BCUT2D eigenvalue weighted by atomic mass is 32.2. The van der Waals surface area contributed by atoms with Gasteiger partial charge in [-0.25, -0.2) is 4.79 Å². The maximum atomic E-state index is 13.3. The first-order chi connectivity index (χ1) is 17.5. The van der Waals surface area contributed by atoms with E-state index in [0.29, 0.717) is 29.9 Å². The van der Waals surface area contributed by atoms with Gasteiger partial charge in [-0.1, -0.05) is 32.4 Å². The fourth-order valence-electron chi connectivity index (χ4n) is 3.40. The van der Waals surface area contributed by atoms with Gasteiger partial charge in [-0.2, -0.15) is 23.5 Å². The summed E-state index contributed by atoms with van der Waals surface area (Å²) in [5.74, 6) is -1.73. The van der Waals surface area contributed by atoms with Crippen molar-refractivity contribution in [2.24, 2.45) is 11.7 Å². The van der Waals surface area contributed by atoms with Crippen molar-refractivity contribution in [3.8, 4) is 5.75 Å². The van der Waals surface area contributed by atoms with Gasteiger partial charge in [0.1, 0.15) is 23.9 Å². The number of hydrogen-bond acceptors (Lipinski definition) is 8. The summed E-state index contributed by atoms with van der Waals surface area (Å²) >= 11 is 2.97. The number of nitrogens with one attached hydrogen (secondary N) is 3. The second-order valence-corrected chi connectivity index (χ2v) is 10.8. The number of phenols is 1. The maximum absolute atomic E-state index is 13.3. The van der Waals surface area contributed by atoms with E-state index in [4.69, 9.17) is 5.73 Å². The molecular formula is C25H40N4O6S2. The smallest absolute Gasteiger partial charge is 0.326 e. The number of carboxylic acids is 1. The Balaban J connectivity index is 3.13. The lowest BCUT2D eigenvalue weighted by atomic mass is 9.99. The molecule has 0 bridgehead atoms. The molecule has 1 rings (SSSR count). The standard InChI is InChI=1S/C25H40N4O6S2/c1-5-15(2)21(26)24(33)27-18(10-12-36-3)22(31)29-20(14-16-6-8-17(30)9-7-16)23(32)28-19(25(34)35)11-13-37-4/h6-9,15,18-21,30H,5,10-14,26H2,1-4H3,(H,27,33)(H,28,32)(H,29,31)(H,34,35). The summed E-state index contributed by atoms with van der Waals surface area (Å²) in [5.41, 5.74) is 6.70. The number of thioether (sulfide) groups is 2. The predicted molar refractivity (Wildman–Crippen MR) is 149 cm³/mol. The molecule has 12 heteroatoms. The molecule has 1 aromatic carbocycles. The van der Waals surface area contributed by atoms with Gasteiger partial charge in [0.25, 0.3) is 0 Å². The molecule has 208 valence electrons. The van der Waals surface area contributed by atoms with E-state index in [1.54, 1.807) is 12.1 Å². The molecule has 1 aromatic rings. The molecule has 0 spiro atoms. The minimum atomic E-state index is -1.17. The van der Waals surface area contributed by atoms with Crippen molar-refractivity contribution < 1.29 is 29.4 Å². The van der Waals surface area contributed by atoms with Gasteiger partial charge in [0.15, 0.2) is 0 Å². The lowest BCUT2D eigenvalue weighted by molar-refractivity contribution is -0.142. The quantitative estimate of drug-likeness (QED) is 0.166. The van der Waals surface area contributed by atoms with Gasteiger partial charge >= 0.3 is 5.97 Å². The Morgan fingerprint density at radius 3 is 1.86 bits per heavy atom. The van der Waals surface area contributed by atoms with Crippen LogP contribution in [0.1, 0.15) is 38.7 Å². The summed E-state index contributed by atoms with van der Waals surface area (Å²) in [6.45, 7) is 3.78. The Labute approximate surface area is 227 Å². The number of phenolic OH excluding ortho intramolecular Hbond substituents is 1. The number of carbonyl (C=O) groups is 4. The molecule has 0 aliphatic carbocycles. The van der Waals surface area contributed by atoms with Crippen LogP contribution >= 0.6 is 23.5 Å². The van der Waals surface area contributed by atoms with Crippen molar-refractivity contribution in [2.75, 3.05) is 24.0 Å². The van der Waals surface area contributed by atoms with E-state index in [1.165, 1.54) is 35.7 Å². The Hall–Kier alpha value is -2.44. The molecule has 0 aliphatic rings. The summed E-state index contributed by atoms with van der Waals surface area (Å²) in [6, 6.07) is 2.23. The number of carboxylic acid groups (broad SMARTS) is 1. The largest absolute Gasteiger partial charge is 0.508 e. The zero-order valence-corrected chi connectivity index (χ0v) is 23.5. The lowest BCUT2D eigenvalue weighted by Crippen LogP contribution is -2.58. The highest BCUT2D eigenvalue weighted by Crippen LogP contribution is 2.13. The van der Waals surface area contributed by atoms with E-state index in [9.17, 15) is 29.4 Å². The molecule has 7 N–H and O–H groups in total. The topological polar surface area (TPSA) is 171 Å². The van der Waals surface area contributed by atoms with E-state index in [2.05, 4.69) is 16.0 Å². The van der Waals surface area contributed by atoms with E-state index in [-0.39, 0.29) is 24.5 Å². The summed E-state index contributed by atoms with van der Waals surface area (Å²) in [6.07, 6.45) is 5.02. The first kappa shape index (κ1) is 32.6. The van der Waals surface area contributed by atoms with Crippen molar-refractivity contribution in [3.63, 3.8) is 0 Å². The van der Waals surface area contributed by atoms with Crippen LogP contribution in [0.4, 0.5) is 0 Å². The second kappa shape index (κ2) is 17.1. The lowest BCUT2D eigenvalue weighted by Gasteiger charge is -2.26. The van der Waals surface area contributed by atoms with E-state index in [0.717, 1.165) is 0 Å². The SMILES string of the molecule is CCC(C)C(N)C(=O)NC(CCSC)C(=O)NC(Cc1ccc(O)cc1)C(=O)NC(CCSC)C(=O)O. The first-order valence-corrected chi connectivity index (χ1v) is 15.0. The number of aliphatic carboxylic acids is 1. The van der Waals surface area contributed by atoms with Crippen LogP contribution in [0.5, 0.6) is 5.75 Å². The van der Waals surface area contributed by atoms with Crippen LogP contribution in [-0.2, 0) is 25.6 Å². The van der Waals surface area contributed by atoms with E-state index >= 15 is 0 Å². The molecule has 0 heterocycles. The molecule has 37 heavy (non-hydrogen) atoms. The highest BCUT2D eigenvalue weighted by Gasteiger charge is 2.31. The van der Waals surface area contributed by atoms with Gasteiger partial charge in [0, 0.05) is 6.42 Å². The van der Waals surface area contributed by atoms with Crippen molar-refractivity contribution in [1.29, 1.82) is 0 Å². The molecule has 0 saturated heterocycles. The molecule has 0 aromatic heterocycles. The normalized spacial score (nSPS) is 15.1. The number of rotatable bonds is 17. The van der Waals surface area contributed by atoms with Gasteiger partial charge in [0.2, 0.25) is 17.7 Å². The number of carbonyl (C=O) groups excluding carboxylic acids is 3. The Morgan fingerprint density at radius 2 is 1.35 bits per heavy atom. The maximum Gasteiger partial charge on any atom is 0.326 e. The van der Waals surface area contributed by atoms with Gasteiger partial charge in [-0.15, -0.1) is 0 Å². The third-order valence-electron chi connectivity index (χ3n) is 6.04. The van der Waals surface area contributed by atoms with Crippen molar-refractivity contribution in [3.05, 3.63) is 29.8 Å².